The summed E-state index contributed by atoms with van der Waals surface area (Å²) in [5, 5.41) is 13.2. The topological polar surface area (TPSA) is 65.1 Å². The lowest BCUT2D eigenvalue weighted by atomic mass is 10.1. The quantitative estimate of drug-likeness (QED) is 0.684. The Bertz CT molecular complexity index is 546. The highest BCUT2D eigenvalue weighted by Gasteiger charge is 2.16. The summed E-state index contributed by atoms with van der Waals surface area (Å²) in [4.78, 5) is 14.5. The first-order valence-electron chi connectivity index (χ1n) is 6.32. The number of para-hydroxylation sites is 1. The predicted octanol–water partition coefficient (Wildman–Crippen LogP) is 3.47. The summed E-state index contributed by atoms with van der Waals surface area (Å²) in [5.74, 6) is -0.287. The predicted molar refractivity (Wildman–Crippen MR) is 73.3 cm³/mol. The van der Waals surface area contributed by atoms with E-state index < -0.39 is 5.97 Å². The molecule has 0 radical (unpaired) electrons. The molecule has 0 bridgehead atoms. The van der Waals surface area contributed by atoms with Gasteiger partial charge in [-0.2, -0.15) is 0 Å². The first kappa shape index (κ1) is 12.5. The van der Waals surface area contributed by atoms with Crippen molar-refractivity contribution >= 4 is 22.7 Å². The van der Waals surface area contributed by atoms with Crippen LogP contribution in [-0.4, -0.2) is 22.6 Å². The number of carboxylic acids is 1. The SMILES string of the molecule is CCCCCNc1[nH]c2ccccc2c1C(=O)O. The molecule has 0 spiro atoms. The molecule has 0 saturated heterocycles. The Kier molecular flexibility index (Phi) is 3.87. The fourth-order valence-electron chi connectivity index (χ4n) is 2.09. The van der Waals surface area contributed by atoms with Crippen LogP contribution >= 0.6 is 0 Å². The van der Waals surface area contributed by atoms with Crippen molar-refractivity contribution in [2.75, 3.05) is 11.9 Å². The molecule has 0 amide bonds. The van der Waals surface area contributed by atoms with Gasteiger partial charge in [0.15, 0.2) is 0 Å². The average Bonchev–Trinajstić information content (AvgIpc) is 2.73. The van der Waals surface area contributed by atoms with Crippen LogP contribution in [0, 0.1) is 0 Å². The van der Waals surface area contributed by atoms with E-state index in [2.05, 4.69) is 17.2 Å². The van der Waals surface area contributed by atoms with Gasteiger partial charge in [-0.1, -0.05) is 38.0 Å². The molecule has 0 aliphatic heterocycles. The Balaban J connectivity index is 2.25. The number of aromatic amines is 1. The number of aromatic nitrogens is 1. The molecule has 0 atom stereocenters. The largest absolute Gasteiger partial charge is 0.478 e. The van der Waals surface area contributed by atoms with Gasteiger partial charge in [-0.25, -0.2) is 4.79 Å². The molecule has 2 rings (SSSR count). The van der Waals surface area contributed by atoms with Gasteiger partial charge in [-0.05, 0) is 12.5 Å². The molecule has 2 aromatic rings. The highest BCUT2D eigenvalue weighted by molar-refractivity contribution is 6.08. The van der Waals surface area contributed by atoms with Crippen molar-refractivity contribution in [1.29, 1.82) is 0 Å². The number of hydrogen-bond donors (Lipinski definition) is 3. The zero-order chi connectivity index (χ0) is 13.0. The molecule has 0 aliphatic rings. The zero-order valence-electron chi connectivity index (χ0n) is 10.5. The summed E-state index contributed by atoms with van der Waals surface area (Å²) < 4.78 is 0. The summed E-state index contributed by atoms with van der Waals surface area (Å²) in [7, 11) is 0. The van der Waals surface area contributed by atoms with Gasteiger partial charge >= 0.3 is 5.97 Å². The Morgan fingerprint density at radius 3 is 2.83 bits per heavy atom. The van der Waals surface area contributed by atoms with E-state index in [0.29, 0.717) is 11.4 Å². The van der Waals surface area contributed by atoms with Crippen molar-refractivity contribution in [2.45, 2.75) is 26.2 Å². The molecule has 0 fully saturated rings. The number of hydrogen-bond acceptors (Lipinski definition) is 2. The maximum absolute atomic E-state index is 11.3. The zero-order valence-corrected chi connectivity index (χ0v) is 10.5. The molecular formula is C14H18N2O2. The number of aromatic carboxylic acids is 1. The van der Waals surface area contributed by atoms with Crippen molar-refractivity contribution in [3.8, 4) is 0 Å². The van der Waals surface area contributed by atoms with Gasteiger partial charge in [0.05, 0.1) is 0 Å². The summed E-state index contributed by atoms with van der Waals surface area (Å²) in [6, 6.07) is 7.46. The fourth-order valence-corrected chi connectivity index (χ4v) is 2.09. The molecule has 96 valence electrons. The van der Waals surface area contributed by atoms with Gasteiger partial charge in [-0.3, -0.25) is 0 Å². The lowest BCUT2D eigenvalue weighted by Crippen LogP contribution is -2.06. The molecule has 4 heteroatoms. The third-order valence-corrected chi connectivity index (χ3v) is 3.00. The fraction of sp³-hybridized carbons (Fsp3) is 0.357. The molecular weight excluding hydrogens is 228 g/mol. The summed E-state index contributed by atoms with van der Waals surface area (Å²) in [6.07, 6.45) is 3.35. The molecule has 1 heterocycles. The number of nitrogens with one attached hydrogen (secondary N) is 2. The van der Waals surface area contributed by atoms with E-state index in [1.54, 1.807) is 0 Å². The van der Waals surface area contributed by atoms with Crippen LogP contribution in [0.5, 0.6) is 0 Å². The van der Waals surface area contributed by atoms with Crippen LogP contribution < -0.4 is 5.32 Å². The van der Waals surface area contributed by atoms with Gasteiger partial charge in [-0.15, -0.1) is 0 Å². The molecule has 1 aromatic carbocycles. The van der Waals surface area contributed by atoms with Crippen LogP contribution in [-0.2, 0) is 0 Å². The first-order valence-corrected chi connectivity index (χ1v) is 6.32. The monoisotopic (exact) mass is 246 g/mol. The van der Waals surface area contributed by atoms with Gasteiger partial charge in [0.1, 0.15) is 11.4 Å². The minimum atomic E-state index is -0.898. The van der Waals surface area contributed by atoms with Crippen molar-refractivity contribution in [2.24, 2.45) is 0 Å². The third-order valence-electron chi connectivity index (χ3n) is 3.00. The maximum atomic E-state index is 11.3. The molecule has 0 unspecified atom stereocenters. The molecule has 3 N–H and O–H groups in total. The number of rotatable bonds is 6. The van der Waals surface area contributed by atoms with E-state index in [0.717, 1.165) is 36.7 Å². The Hall–Kier alpha value is -1.97. The highest BCUT2D eigenvalue weighted by atomic mass is 16.4. The lowest BCUT2D eigenvalue weighted by molar-refractivity contribution is 0.0700. The number of unbranched alkanes of at least 4 members (excludes halogenated alkanes) is 2. The van der Waals surface area contributed by atoms with E-state index in [-0.39, 0.29) is 0 Å². The van der Waals surface area contributed by atoms with Gasteiger partial charge in [0.25, 0.3) is 0 Å². The second-order valence-electron chi connectivity index (χ2n) is 4.36. The Morgan fingerprint density at radius 2 is 2.11 bits per heavy atom. The first-order chi connectivity index (χ1) is 8.74. The second kappa shape index (κ2) is 5.58. The van der Waals surface area contributed by atoms with Crippen molar-refractivity contribution in [1.82, 2.24) is 4.98 Å². The number of fused-ring (bicyclic) bond motifs is 1. The normalized spacial score (nSPS) is 10.7. The van der Waals surface area contributed by atoms with E-state index in [4.69, 9.17) is 0 Å². The third kappa shape index (κ3) is 2.47. The van der Waals surface area contributed by atoms with Crippen molar-refractivity contribution < 1.29 is 9.90 Å². The lowest BCUT2D eigenvalue weighted by Gasteiger charge is -2.04. The van der Waals surface area contributed by atoms with E-state index in [1.165, 1.54) is 0 Å². The maximum Gasteiger partial charge on any atom is 0.340 e. The minimum Gasteiger partial charge on any atom is -0.478 e. The number of anilines is 1. The number of benzene rings is 1. The number of carboxylic acid groups (broad SMARTS) is 1. The molecule has 4 nitrogen and oxygen atoms in total. The number of carbonyl (C=O) groups is 1. The van der Waals surface area contributed by atoms with Crippen LogP contribution in [0.2, 0.25) is 0 Å². The van der Waals surface area contributed by atoms with Crippen LogP contribution in [0.4, 0.5) is 5.82 Å². The van der Waals surface area contributed by atoms with Crippen LogP contribution in [0.3, 0.4) is 0 Å². The minimum absolute atomic E-state index is 0.335. The van der Waals surface area contributed by atoms with Crippen LogP contribution in [0.15, 0.2) is 24.3 Å². The van der Waals surface area contributed by atoms with E-state index >= 15 is 0 Å². The summed E-state index contributed by atoms with van der Waals surface area (Å²) in [5.41, 5.74) is 1.19. The second-order valence-corrected chi connectivity index (χ2v) is 4.36. The molecule has 18 heavy (non-hydrogen) atoms. The number of H-pyrrole nitrogens is 1. The van der Waals surface area contributed by atoms with Gasteiger partial charge < -0.3 is 15.4 Å². The average molecular weight is 246 g/mol. The highest BCUT2D eigenvalue weighted by Crippen LogP contribution is 2.26. The Labute approximate surface area is 106 Å². The van der Waals surface area contributed by atoms with E-state index in [9.17, 15) is 9.90 Å². The van der Waals surface area contributed by atoms with Gasteiger partial charge in [0, 0.05) is 17.4 Å². The van der Waals surface area contributed by atoms with Gasteiger partial charge in [0.2, 0.25) is 0 Å². The summed E-state index contributed by atoms with van der Waals surface area (Å²) >= 11 is 0. The standard InChI is InChI=1S/C14H18N2O2/c1-2-3-6-9-15-13-12(14(17)18)10-7-4-5-8-11(10)16-13/h4-5,7-8,15-16H,2-3,6,9H2,1H3,(H,17,18). The van der Waals surface area contributed by atoms with Crippen molar-refractivity contribution in [3.63, 3.8) is 0 Å². The molecule has 0 aliphatic carbocycles. The van der Waals surface area contributed by atoms with E-state index in [1.807, 2.05) is 24.3 Å². The molecule has 0 saturated carbocycles. The van der Waals surface area contributed by atoms with Crippen molar-refractivity contribution in [3.05, 3.63) is 29.8 Å². The molecule has 1 aromatic heterocycles. The van der Waals surface area contributed by atoms with Crippen LogP contribution in [0.1, 0.15) is 36.5 Å². The Morgan fingerprint density at radius 1 is 1.33 bits per heavy atom. The summed E-state index contributed by atoms with van der Waals surface area (Å²) in [6.45, 7) is 2.94. The van der Waals surface area contributed by atoms with Crippen LogP contribution in [0.25, 0.3) is 10.9 Å². The smallest absolute Gasteiger partial charge is 0.340 e.